The molecule has 0 atom stereocenters. The SMILES string of the molecule is O=c1c2ccccc2nc(/C=C/c2cn(Cc3ccccc3)c3ccccc23)n1C1CCCCC1. The lowest BCUT2D eigenvalue weighted by Gasteiger charge is -2.25. The zero-order valence-corrected chi connectivity index (χ0v) is 19.8. The van der Waals surface area contributed by atoms with Crippen molar-refractivity contribution >= 4 is 34.0 Å². The van der Waals surface area contributed by atoms with Crippen LogP contribution in [0.25, 0.3) is 34.0 Å². The maximum Gasteiger partial charge on any atom is 0.261 e. The molecule has 1 aliphatic rings. The van der Waals surface area contributed by atoms with Gasteiger partial charge in [0.2, 0.25) is 0 Å². The van der Waals surface area contributed by atoms with Crippen molar-refractivity contribution in [2.24, 2.45) is 0 Å². The number of aromatic nitrogens is 3. The monoisotopic (exact) mass is 459 g/mol. The molecule has 0 N–H and O–H groups in total. The van der Waals surface area contributed by atoms with Crippen molar-refractivity contribution in [3.8, 4) is 0 Å². The van der Waals surface area contributed by atoms with Crippen molar-refractivity contribution in [3.05, 3.63) is 112 Å². The molecule has 0 amide bonds. The van der Waals surface area contributed by atoms with Crippen LogP contribution in [-0.4, -0.2) is 14.1 Å². The maximum absolute atomic E-state index is 13.6. The highest BCUT2D eigenvalue weighted by molar-refractivity contribution is 5.92. The van der Waals surface area contributed by atoms with Gasteiger partial charge < -0.3 is 4.57 Å². The minimum atomic E-state index is 0.0775. The zero-order valence-electron chi connectivity index (χ0n) is 19.8. The number of benzene rings is 3. The molecule has 0 aliphatic heterocycles. The second kappa shape index (κ2) is 9.38. The van der Waals surface area contributed by atoms with Crippen LogP contribution in [0.2, 0.25) is 0 Å². The topological polar surface area (TPSA) is 39.8 Å². The summed E-state index contributed by atoms with van der Waals surface area (Å²) in [7, 11) is 0. The Morgan fingerprint density at radius 1 is 0.800 bits per heavy atom. The maximum atomic E-state index is 13.6. The van der Waals surface area contributed by atoms with Crippen LogP contribution < -0.4 is 5.56 Å². The van der Waals surface area contributed by atoms with Gasteiger partial charge >= 0.3 is 0 Å². The molecule has 0 radical (unpaired) electrons. The van der Waals surface area contributed by atoms with E-state index in [0.717, 1.165) is 36.3 Å². The van der Waals surface area contributed by atoms with Crippen LogP contribution >= 0.6 is 0 Å². The molecule has 0 unspecified atom stereocenters. The normalized spacial score (nSPS) is 14.9. The van der Waals surface area contributed by atoms with Crippen molar-refractivity contribution < 1.29 is 0 Å². The van der Waals surface area contributed by atoms with Crippen molar-refractivity contribution in [2.75, 3.05) is 0 Å². The number of fused-ring (bicyclic) bond motifs is 2. The van der Waals surface area contributed by atoms with Gasteiger partial charge in [-0.25, -0.2) is 4.98 Å². The first kappa shape index (κ1) is 21.6. The molecule has 1 aliphatic carbocycles. The predicted octanol–water partition coefficient (Wildman–Crippen LogP) is 7.08. The van der Waals surface area contributed by atoms with E-state index in [9.17, 15) is 4.79 Å². The van der Waals surface area contributed by atoms with Crippen LogP contribution in [0.4, 0.5) is 0 Å². The lowest BCUT2D eigenvalue weighted by atomic mass is 9.95. The molecule has 0 spiro atoms. The van der Waals surface area contributed by atoms with Gasteiger partial charge in [0.25, 0.3) is 5.56 Å². The molecule has 174 valence electrons. The van der Waals surface area contributed by atoms with E-state index < -0.39 is 0 Å². The van der Waals surface area contributed by atoms with Gasteiger partial charge in [-0.2, -0.15) is 0 Å². The summed E-state index contributed by atoms with van der Waals surface area (Å²) in [6.07, 6.45) is 12.0. The molecule has 0 bridgehead atoms. The number of hydrogen-bond donors (Lipinski definition) is 0. The number of para-hydroxylation sites is 2. The fourth-order valence-electron chi connectivity index (χ4n) is 5.46. The van der Waals surface area contributed by atoms with E-state index in [-0.39, 0.29) is 11.6 Å². The number of rotatable bonds is 5. The highest BCUT2D eigenvalue weighted by Crippen LogP contribution is 2.29. The Kier molecular flexibility index (Phi) is 5.79. The lowest BCUT2D eigenvalue weighted by molar-refractivity contribution is 0.343. The molecule has 5 aromatic rings. The fraction of sp³-hybridized carbons (Fsp3) is 0.226. The quantitative estimate of drug-likeness (QED) is 0.282. The van der Waals surface area contributed by atoms with E-state index >= 15 is 0 Å². The Morgan fingerprint density at radius 3 is 2.34 bits per heavy atom. The predicted molar refractivity (Wildman–Crippen MR) is 145 cm³/mol. The molecule has 1 saturated carbocycles. The van der Waals surface area contributed by atoms with E-state index in [1.54, 1.807) is 0 Å². The van der Waals surface area contributed by atoms with Crippen LogP contribution in [0.5, 0.6) is 0 Å². The Hall–Kier alpha value is -3.92. The van der Waals surface area contributed by atoms with Crippen LogP contribution in [0.1, 0.15) is 55.1 Å². The van der Waals surface area contributed by atoms with Crippen LogP contribution in [0.15, 0.2) is 89.9 Å². The Balaban J connectivity index is 1.45. The minimum absolute atomic E-state index is 0.0775. The summed E-state index contributed by atoms with van der Waals surface area (Å²) in [5, 5.41) is 1.90. The fourth-order valence-corrected chi connectivity index (χ4v) is 5.46. The summed E-state index contributed by atoms with van der Waals surface area (Å²) in [4.78, 5) is 18.5. The van der Waals surface area contributed by atoms with Crippen LogP contribution in [-0.2, 0) is 6.54 Å². The molecular formula is C31H29N3O. The van der Waals surface area contributed by atoms with Crippen molar-refractivity contribution in [3.63, 3.8) is 0 Å². The highest BCUT2D eigenvalue weighted by Gasteiger charge is 2.20. The van der Waals surface area contributed by atoms with Crippen molar-refractivity contribution in [1.82, 2.24) is 14.1 Å². The largest absolute Gasteiger partial charge is 0.342 e. The summed E-state index contributed by atoms with van der Waals surface area (Å²) in [5.74, 6) is 0.750. The van der Waals surface area contributed by atoms with E-state index in [4.69, 9.17) is 4.98 Å². The van der Waals surface area contributed by atoms with Crippen molar-refractivity contribution in [1.29, 1.82) is 0 Å². The molecule has 0 saturated heterocycles. The highest BCUT2D eigenvalue weighted by atomic mass is 16.1. The second-order valence-electron chi connectivity index (χ2n) is 9.50. The van der Waals surface area contributed by atoms with Crippen LogP contribution in [0.3, 0.4) is 0 Å². The average molecular weight is 460 g/mol. The summed E-state index contributed by atoms with van der Waals surface area (Å²) in [6, 6.07) is 27.0. The Bertz CT molecular complexity index is 1570. The summed E-state index contributed by atoms with van der Waals surface area (Å²) < 4.78 is 4.26. The Morgan fingerprint density at radius 2 is 1.51 bits per heavy atom. The third-order valence-electron chi connectivity index (χ3n) is 7.20. The Labute approximate surface area is 205 Å². The van der Waals surface area contributed by atoms with Gasteiger partial charge in [-0.1, -0.05) is 79.9 Å². The molecule has 4 nitrogen and oxygen atoms in total. The van der Waals surface area contributed by atoms with E-state index in [2.05, 4.69) is 65.4 Å². The third kappa shape index (κ3) is 4.21. The first-order valence-electron chi connectivity index (χ1n) is 12.6. The molecule has 6 rings (SSSR count). The van der Waals surface area contributed by atoms with Gasteiger partial charge in [0, 0.05) is 35.2 Å². The lowest BCUT2D eigenvalue weighted by Crippen LogP contribution is -2.29. The molecule has 2 aromatic heterocycles. The van der Waals surface area contributed by atoms with Gasteiger partial charge in [-0.3, -0.25) is 9.36 Å². The van der Waals surface area contributed by atoms with Crippen LogP contribution in [0, 0.1) is 0 Å². The van der Waals surface area contributed by atoms with E-state index in [1.165, 1.54) is 35.7 Å². The third-order valence-corrected chi connectivity index (χ3v) is 7.20. The minimum Gasteiger partial charge on any atom is -0.342 e. The smallest absolute Gasteiger partial charge is 0.261 e. The second-order valence-corrected chi connectivity index (χ2v) is 9.50. The van der Waals surface area contributed by atoms with Gasteiger partial charge in [0.15, 0.2) is 0 Å². The molecule has 3 aromatic carbocycles. The summed E-state index contributed by atoms with van der Waals surface area (Å²) >= 11 is 0. The summed E-state index contributed by atoms with van der Waals surface area (Å²) in [5.41, 5.74) is 4.44. The molecule has 4 heteroatoms. The first-order valence-corrected chi connectivity index (χ1v) is 12.6. The van der Waals surface area contributed by atoms with E-state index in [0.29, 0.717) is 5.39 Å². The van der Waals surface area contributed by atoms with Gasteiger partial charge in [0.05, 0.1) is 10.9 Å². The van der Waals surface area contributed by atoms with Gasteiger partial charge in [-0.05, 0) is 48.8 Å². The first-order chi connectivity index (χ1) is 17.3. The molecule has 2 heterocycles. The number of nitrogens with zero attached hydrogens (tertiary/aromatic N) is 3. The van der Waals surface area contributed by atoms with Gasteiger partial charge in [0.1, 0.15) is 5.82 Å². The molecular weight excluding hydrogens is 430 g/mol. The van der Waals surface area contributed by atoms with Crippen molar-refractivity contribution in [2.45, 2.75) is 44.7 Å². The standard InChI is InChI=1S/C31H29N3O/c35-31-27-16-7-9-17-28(27)32-30(34(31)25-13-5-2-6-14-25)20-19-24-22-33(21-23-11-3-1-4-12-23)29-18-10-8-15-26(24)29/h1,3-4,7-12,15-20,22,25H,2,5-6,13-14,21H2/b20-19+. The molecule has 35 heavy (non-hydrogen) atoms. The summed E-state index contributed by atoms with van der Waals surface area (Å²) in [6.45, 7) is 0.816. The number of hydrogen-bond acceptors (Lipinski definition) is 2. The van der Waals surface area contributed by atoms with Gasteiger partial charge in [-0.15, -0.1) is 0 Å². The molecule has 1 fully saturated rings. The van der Waals surface area contributed by atoms with E-state index in [1.807, 2.05) is 41.0 Å². The zero-order chi connectivity index (χ0) is 23.6. The average Bonchev–Trinajstić information content (AvgIpc) is 3.26.